The quantitative estimate of drug-likeness (QED) is 0.557. The third kappa shape index (κ3) is 4.82. The van der Waals surface area contributed by atoms with Crippen LogP contribution >= 0.6 is 23.2 Å². The van der Waals surface area contributed by atoms with Crippen LogP contribution in [0.4, 0.5) is 0 Å². The van der Waals surface area contributed by atoms with Gasteiger partial charge in [0.05, 0.1) is 13.7 Å². The van der Waals surface area contributed by atoms with Crippen molar-refractivity contribution >= 4 is 29.1 Å². The van der Waals surface area contributed by atoms with Gasteiger partial charge in [-0.3, -0.25) is 4.79 Å². The van der Waals surface area contributed by atoms with Crippen LogP contribution in [-0.4, -0.2) is 35.1 Å². The van der Waals surface area contributed by atoms with Gasteiger partial charge in [0.1, 0.15) is 5.75 Å². The molecule has 0 radical (unpaired) electrons. The van der Waals surface area contributed by atoms with Crippen molar-refractivity contribution in [2.24, 2.45) is 0 Å². The molecular formula is C20H19Cl2N3O3. The van der Waals surface area contributed by atoms with Crippen LogP contribution in [0.2, 0.25) is 10.0 Å². The minimum Gasteiger partial charge on any atom is -0.497 e. The first-order valence-corrected chi connectivity index (χ1v) is 9.37. The molecule has 28 heavy (non-hydrogen) atoms. The van der Waals surface area contributed by atoms with Crippen molar-refractivity contribution in [2.75, 3.05) is 14.2 Å². The van der Waals surface area contributed by atoms with Crippen molar-refractivity contribution in [3.8, 4) is 17.1 Å². The van der Waals surface area contributed by atoms with E-state index in [-0.39, 0.29) is 18.9 Å². The molecule has 3 aromatic rings. The van der Waals surface area contributed by atoms with E-state index in [2.05, 4.69) is 10.1 Å². The van der Waals surface area contributed by atoms with Crippen LogP contribution in [0.25, 0.3) is 11.4 Å². The SMILES string of the molecule is COc1ccc(-c2noc(CN(C)C(=O)CCc3c(Cl)cccc3Cl)n2)cc1. The minimum atomic E-state index is -0.0693. The largest absolute Gasteiger partial charge is 0.497 e. The number of benzene rings is 2. The van der Waals surface area contributed by atoms with Crippen LogP contribution in [0.15, 0.2) is 47.0 Å². The highest BCUT2D eigenvalue weighted by Crippen LogP contribution is 2.26. The van der Waals surface area contributed by atoms with Crippen molar-refractivity contribution < 1.29 is 14.1 Å². The van der Waals surface area contributed by atoms with Crippen molar-refractivity contribution in [1.82, 2.24) is 15.0 Å². The molecule has 1 heterocycles. The zero-order valence-electron chi connectivity index (χ0n) is 15.5. The molecule has 0 saturated heterocycles. The lowest BCUT2D eigenvalue weighted by molar-refractivity contribution is -0.130. The molecule has 1 amide bonds. The monoisotopic (exact) mass is 419 g/mol. The van der Waals surface area contributed by atoms with E-state index in [1.165, 1.54) is 4.90 Å². The van der Waals surface area contributed by atoms with Crippen molar-refractivity contribution in [3.63, 3.8) is 0 Å². The molecule has 0 fully saturated rings. The maximum Gasteiger partial charge on any atom is 0.246 e. The van der Waals surface area contributed by atoms with Gasteiger partial charge in [0.25, 0.3) is 0 Å². The summed E-state index contributed by atoms with van der Waals surface area (Å²) in [6.45, 7) is 0.220. The maximum atomic E-state index is 12.4. The molecule has 0 unspecified atom stereocenters. The Bertz CT molecular complexity index is 937. The van der Waals surface area contributed by atoms with Crippen molar-refractivity contribution in [3.05, 3.63) is 64.0 Å². The lowest BCUT2D eigenvalue weighted by Crippen LogP contribution is -2.26. The molecule has 0 atom stereocenters. The molecule has 6 nitrogen and oxygen atoms in total. The molecule has 8 heteroatoms. The molecule has 0 aliphatic rings. The van der Waals surface area contributed by atoms with Crippen LogP contribution in [0.5, 0.6) is 5.75 Å². The fourth-order valence-electron chi connectivity index (χ4n) is 2.66. The van der Waals surface area contributed by atoms with Gasteiger partial charge in [0, 0.05) is 29.1 Å². The second-order valence-electron chi connectivity index (χ2n) is 6.19. The Balaban J connectivity index is 1.59. The number of nitrogens with zero attached hydrogens (tertiary/aromatic N) is 3. The zero-order chi connectivity index (χ0) is 20.1. The van der Waals surface area contributed by atoms with E-state index < -0.39 is 0 Å². The number of halogens is 2. The highest BCUT2D eigenvalue weighted by atomic mass is 35.5. The number of carbonyl (C=O) groups is 1. The Morgan fingerprint density at radius 2 is 1.82 bits per heavy atom. The average Bonchev–Trinajstić information content (AvgIpc) is 3.16. The smallest absolute Gasteiger partial charge is 0.246 e. The van der Waals surface area contributed by atoms with E-state index in [9.17, 15) is 4.79 Å². The van der Waals surface area contributed by atoms with E-state index in [0.29, 0.717) is 28.2 Å². The zero-order valence-corrected chi connectivity index (χ0v) is 17.0. The lowest BCUT2D eigenvalue weighted by atomic mass is 10.1. The molecule has 2 aromatic carbocycles. The first-order valence-electron chi connectivity index (χ1n) is 8.62. The van der Waals surface area contributed by atoms with E-state index in [4.69, 9.17) is 32.5 Å². The number of rotatable bonds is 7. The van der Waals surface area contributed by atoms with Crippen LogP contribution < -0.4 is 4.74 Å². The molecule has 0 aliphatic heterocycles. The molecule has 0 N–H and O–H groups in total. The first kappa shape index (κ1) is 20.2. The van der Waals surface area contributed by atoms with Gasteiger partial charge in [0.2, 0.25) is 17.6 Å². The Kier molecular flexibility index (Phi) is 6.54. The predicted octanol–water partition coefficient (Wildman–Crippen LogP) is 4.64. The Morgan fingerprint density at radius 1 is 1.14 bits per heavy atom. The number of methoxy groups -OCH3 is 1. The van der Waals surface area contributed by atoms with Gasteiger partial charge in [-0.2, -0.15) is 4.98 Å². The number of carbonyl (C=O) groups excluding carboxylic acids is 1. The summed E-state index contributed by atoms with van der Waals surface area (Å²) in [6, 6.07) is 12.6. The maximum absolute atomic E-state index is 12.4. The highest BCUT2D eigenvalue weighted by molar-refractivity contribution is 6.36. The van der Waals surface area contributed by atoms with Gasteiger partial charge in [-0.15, -0.1) is 0 Å². The van der Waals surface area contributed by atoms with Gasteiger partial charge in [0.15, 0.2) is 0 Å². The second-order valence-corrected chi connectivity index (χ2v) is 7.00. The summed E-state index contributed by atoms with van der Waals surface area (Å²) in [6.07, 6.45) is 0.738. The van der Waals surface area contributed by atoms with Gasteiger partial charge in [-0.05, 0) is 48.4 Å². The van der Waals surface area contributed by atoms with Gasteiger partial charge < -0.3 is 14.2 Å². The third-order valence-electron chi connectivity index (χ3n) is 4.27. The third-order valence-corrected chi connectivity index (χ3v) is 4.97. The van der Waals surface area contributed by atoms with E-state index in [1.807, 2.05) is 24.3 Å². The lowest BCUT2D eigenvalue weighted by Gasteiger charge is -2.15. The van der Waals surface area contributed by atoms with E-state index in [1.54, 1.807) is 32.4 Å². The van der Waals surface area contributed by atoms with Crippen LogP contribution in [-0.2, 0) is 17.8 Å². The predicted molar refractivity (Wildman–Crippen MR) is 108 cm³/mol. The number of hydrogen-bond donors (Lipinski definition) is 0. The summed E-state index contributed by atoms with van der Waals surface area (Å²) in [4.78, 5) is 18.3. The molecule has 0 saturated carbocycles. The molecule has 146 valence electrons. The average molecular weight is 420 g/mol. The van der Waals surface area contributed by atoms with Crippen molar-refractivity contribution in [2.45, 2.75) is 19.4 Å². The molecule has 0 aliphatic carbocycles. The topological polar surface area (TPSA) is 68.5 Å². The fourth-order valence-corrected chi connectivity index (χ4v) is 3.25. The minimum absolute atomic E-state index is 0.0693. The molecule has 0 spiro atoms. The summed E-state index contributed by atoms with van der Waals surface area (Å²) < 4.78 is 10.4. The van der Waals surface area contributed by atoms with E-state index in [0.717, 1.165) is 16.9 Å². The number of ether oxygens (including phenoxy) is 1. The summed E-state index contributed by atoms with van der Waals surface area (Å²) in [7, 11) is 3.29. The van der Waals surface area contributed by atoms with Gasteiger partial charge in [-0.25, -0.2) is 0 Å². The Morgan fingerprint density at radius 3 is 2.46 bits per heavy atom. The van der Waals surface area contributed by atoms with Gasteiger partial charge in [-0.1, -0.05) is 34.4 Å². The normalized spacial score (nSPS) is 10.7. The summed E-state index contributed by atoms with van der Waals surface area (Å²) in [5.41, 5.74) is 1.57. The van der Waals surface area contributed by atoms with Crippen LogP contribution in [0, 0.1) is 0 Å². The molecule has 1 aromatic heterocycles. The van der Waals surface area contributed by atoms with Crippen LogP contribution in [0.1, 0.15) is 17.9 Å². The highest BCUT2D eigenvalue weighted by Gasteiger charge is 2.16. The van der Waals surface area contributed by atoms with Gasteiger partial charge >= 0.3 is 0 Å². The second kappa shape index (κ2) is 9.08. The summed E-state index contributed by atoms with van der Waals surface area (Å²) in [5, 5.41) is 5.09. The fraction of sp³-hybridized carbons (Fsp3) is 0.250. The number of aromatic nitrogens is 2. The van der Waals surface area contributed by atoms with Crippen molar-refractivity contribution in [1.29, 1.82) is 0 Å². The molecule has 3 rings (SSSR count). The summed E-state index contributed by atoms with van der Waals surface area (Å²) >= 11 is 12.3. The first-order chi connectivity index (χ1) is 13.5. The molecule has 0 bridgehead atoms. The number of hydrogen-bond acceptors (Lipinski definition) is 5. The Labute approximate surface area is 173 Å². The summed E-state index contributed by atoms with van der Waals surface area (Å²) in [5.74, 6) is 1.50. The number of amides is 1. The standard InChI is InChI=1S/C20H19Cl2N3O3/c1-25(19(26)11-10-15-16(21)4-3-5-17(15)22)12-18-23-20(24-28-18)13-6-8-14(27-2)9-7-13/h3-9H,10-12H2,1-2H3. The van der Waals surface area contributed by atoms with E-state index >= 15 is 0 Å². The molecular weight excluding hydrogens is 401 g/mol. The Hall–Kier alpha value is -2.57. The van der Waals surface area contributed by atoms with Crippen LogP contribution in [0.3, 0.4) is 0 Å².